The van der Waals surface area contributed by atoms with Crippen LogP contribution in [0.5, 0.6) is 0 Å². The summed E-state index contributed by atoms with van der Waals surface area (Å²) >= 11 is 0. The molecule has 0 amide bonds. The number of hydrogen-bond acceptors (Lipinski definition) is 6. The maximum atomic E-state index is 12.9. The van der Waals surface area contributed by atoms with Gasteiger partial charge in [-0.1, -0.05) is 335 Å². The smallest absolute Gasteiger partial charge is 0.306 e. The Kier molecular flexibility index (Phi) is 66.7. The van der Waals surface area contributed by atoms with Gasteiger partial charge in [0.1, 0.15) is 13.2 Å². The Hall–Kier alpha value is -4.19. The number of ether oxygens (including phenoxy) is 3. The van der Waals surface area contributed by atoms with Crippen LogP contribution in [0.2, 0.25) is 0 Å². The van der Waals surface area contributed by atoms with Crippen LogP contribution in [0.15, 0.2) is 122 Å². The van der Waals surface area contributed by atoms with Crippen LogP contribution in [0, 0.1) is 0 Å². The summed E-state index contributed by atoms with van der Waals surface area (Å²) in [6.45, 7) is 6.51. The number of esters is 3. The van der Waals surface area contributed by atoms with E-state index >= 15 is 0 Å². The molecule has 0 heterocycles. The van der Waals surface area contributed by atoms with E-state index in [1.54, 1.807) is 0 Å². The van der Waals surface area contributed by atoms with Crippen molar-refractivity contribution in [3.63, 3.8) is 0 Å². The minimum Gasteiger partial charge on any atom is -0.462 e. The second-order valence-electron chi connectivity index (χ2n) is 23.1. The minimum atomic E-state index is -0.787. The molecule has 0 radical (unpaired) electrons. The number of rotatable bonds is 63. The molecular weight excluding hydrogens is 1020 g/mol. The highest BCUT2D eigenvalue weighted by atomic mass is 16.6. The van der Waals surface area contributed by atoms with E-state index < -0.39 is 6.10 Å². The lowest BCUT2D eigenvalue weighted by atomic mass is 10.0. The van der Waals surface area contributed by atoms with Crippen molar-refractivity contribution < 1.29 is 28.6 Å². The molecule has 0 saturated heterocycles. The first-order valence-electron chi connectivity index (χ1n) is 35.0. The standard InChI is InChI=1S/C77H130O6/c1-4-7-10-13-16-19-21-23-25-27-29-31-33-34-35-36-37-38-39-40-41-42-43-44-45-47-48-50-52-54-56-58-61-64-67-70-76(79)82-73-74(72-81-75(78)69-66-63-60-18-15-12-9-6-3)83-77(80)71-68-65-62-59-57-55-53-51-49-46-32-30-28-26-24-22-20-17-14-11-8-5-2/h7,10,16,19,23,25,29,31,34-35,37-38,40-41,43-44,47-48,52,54,74H,4-6,8-9,11-15,17-18,20-22,24,26-28,30,32-33,36,39,42,45-46,49-51,53,55-73H2,1-3H3/b10-7-,19-16-,25-23-,31-29-,35-34-,38-37-,41-40-,44-43-,48-47-,54-52-. The van der Waals surface area contributed by atoms with Crippen molar-refractivity contribution in [2.24, 2.45) is 0 Å². The van der Waals surface area contributed by atoms with E-state index in [2.05, 4.69) is 142 Å². The normalized spacial score (nSPS) is 12.9. The van der Waals surface area contributed by atoms with Crippen molar-refractivity contribution in [3.05, 3.63) is 122 Å². The van der Waals surface area contributed by atoms with Gasteiger partial charge in [0.2, 0.25) is 0 Å². The third-order valence-electron chi connectivity index (χ3n) is 15.0. The summed E-state index contributed by atoms with van der Waals surface area (Å²) < 4.78 is 16.9. The molecule has 0 bridgehead atoms. The predicted molar refractivity (Wildman–Crippen MR) is 362 cm³/mol. The molecule has 0 rings (SSSR count). The van der Waals surface area contributed by atoms with E-state index in [1.807, 2.05) is 0 Å². The van der Waals surface area contributed by atoms with Crippen LogP contribution in [0.1, 0.15) is 329 Å². The summed E-state index contributed by atoms with van der Waals surface area (Å²) in [5.74, 6) is -0.903. The first-order chi connectivity index (χ1) is 41.0. The van der Waals surface area contributed by atoms with Gasteiger partial charge in [0.25, 0.3) is 0 Å². The lowest BCUT2D eigenvalue weighted by Crippen LogP contribution is -2.30. The highest BCUT2D eigenvalue weighted by Gasteiger charge is 2.19. The van der Waals surface area contributed by atoms with Gasteiger partial charge in [0.15, 0.2) is 6.10 Å². The highest BCUT2D eigenvalue weighted by Crippen LogP contribution is 2.17. The maximum absolute atomic E-state index is 12.9. The Morgan fingerprint density at radius 3 is 0.735 bits per heavy atom. The Morgan fingerprint density at radius 1 is 0.253 bits per heavy atom. The molecule has 6 nitrogen and oxygen atoms in total. The lowest BCUT2D eigenvalue weighted by Gasteiger charge is -2.18. The third kappa shape index (κ3) is 68.5. The summed E-state index contributed by atoms with van der Waals surface area (Å²) in [4.78, 5) is 38.2. The third-order valence-corrected chi connectivity index (χ3v) is 15.0. The molecule has 0 aliphatic rings. The highest BCUT2D eigenvalue weighted by molar-refractivity contribution is 5.71. The topological polar surface area (TPSA) is 78.9 Å². The molecule has 1 unspecified atom stereocenters. The van der Waals surface area contributed by atoms with Crippen molar-refractivity contribution >= 4 is 17.9 Å². The van der Waals surface area contributed by atoms with Crippen molar-refractivity contribution in [2.75, 3.05) is 13.2 Å². The van der Waals surface area contributed by atoms with Crippen LogP contribution in [-0.4, -0.2) is 37.2 Å². The van der Waals surface area contributed by atoms with Gasteiger partial charge in [-0.15, -0.1) is 0 Å². The molecule has 0 aliphatic carbocycles. The zero-order chi connectivity index (χ0) is 59.9. The number of allylic oxidation sites excluding steroid dienone is 20. The van der Waals surface area contributed by atoms with Gasteiger partial charge < -0.3 is 14.2 Å². The van der Waals surface area contributed by atoms with E-state index in [-0.39, 0.29) is 31.1 Å². The van der Waals surface area contributed by atoms with E-state index in [9.17, 15) is 14.4 Å². The number of carbonyl (C=O) groups excluding carboxylic acids is 3. The van der Waals surface area contributed by atoms with Gasteiger partial charge >= 0.3 is 17.9 Å². The van der Waals surface area contributed by atoms with Crippen LogP contribution < -0.4 is 0 Å². The first-order valence-corrected chi connectivity index (χ1v) is 35.0. The molecule has 0 fully saturated rings. The van der Waals surface area contributed by atoms with Crippen LogP contribution >= 0.6 is 0 Å². The fraction of sp³-hybridized carbons (Fsp3) is 0.701. The van der Waals surface area contributed by atoms with Gasteiger partial charge in [0.05, 0.1) is 0 Å². The van der Waals surface area contributed by atoms with Crippen LogP contribution in [0.25, 0.3) is 0 Å². The molecule has 0 spiro atoms. The molecule has 1 atom stereocenters. The molecule has 0 aliphatic heterocycles. The Bertz CT molecular complexity index is 1700. The Labute approximate surface area is 513 Å². The molecule has 6 heteroatoms. The monoisotopic (exact) mass is 1150 g/mol. The van der Waals surface area contributed by atoms with Crippen molar-refractivity contribution in [1.29, 1.82) is 0 Å². The fourth-order valence-electron chi connectivity index (χ4n) is 9.77. The minimum absolute atomic E-state index is 0.0836. The van der Waals surface area contributed by atoms with Crippen LogP contribution in [-0.2, 0) is 28.6 Å². The molecule has 474 valence electrons. The number of hydrogen-bond donors (Lipinski definition) is 0. The predicted octanol–water partition coefficient (Wildman–Crippen LogP) is 24.3. The first kappa shape index (κ1) is 78.8. The zero-order valence-corrected chi connectivity index (χ0v) is 54.4. The number of carbonyl (C=O) groups is 3. The summed E-state index contributed by atoms with van der Waals surface area (Å²) in [5.41, 5.74) is 0. The summed E-state index contributed by atoms with van der Waals surface area (Å²) in [6.07, 6.45) is 98.1. The maximum Gasteiger partial charge on any atom is 0.306 e. The molecule has 0 saturated carbocycles. The second-order valence-corrected chi connectivity index (χ2v) is 23.1. The van der Waals surface area contributed by atoms with Crippen molar-refractivity contribution in [1.82, 2.24) is 0 Å². The largest absolute Gasteiger partial charge is 0.462 e. The second kappa shape index (κ2) is 70.3. The van der Waals surface area contributed by atoms with Crippen molar-refractivity contribution in [3.8, 4) is 0 Å². The van der Waals surface area contributed by atoms with Gasteiger partial charge in [0, 0.05) is 19.3 Å². The van der Waals surface area contributed by atoms with Gasteiger partial charge in [-0.2, -0.15) is 0 Å². The van der Waals surface area contributed by atoms with Crippen LogP contribution in [0.4, 0.5) is 0 Å². The van der Waals surface area contributed by atoms with E-state index in [4.69, 9.17) is 14.2 Å². The Morgan fingerprint density at radius 2 is 0.470 bits per heavy atom. The van der Waals surface area contributed by atoms with E-state index in [1.165, 1.54) is 154 Å². The summed E-state index contributed by atoms with van der Waals surface area (Å²) in [7, 11) is 0. The zero-order valence-electron chi connectivity index (χ0n) is 54.4. The molecular formula is C77H130O6. The molecule has 0 N–H and O–H groups in total. The average molecular weight is 1150 g/mol. The van der Waals surface area contributed by atoms with Crippen molar-refractivity contribution in [2.45, 2.75) is 335 Å². The summed E-state index contributed by atoms with van der Waals surface area (Å²) in [5, 5.41) is 0. The van der Waals surface area contributed by atoms with Gasteiger partial charge in [-0.25, -0.2) is 0 Å². The molecule has 83 heavy (non-hydrogen) atoms. The fourth-order valence-corrected chi connectivity index (χ4v) is 9.77. The summed E-state index contributed by atoms with van der Waals surface area (Å²) in [6, 6.07) is 0. The van der Waals surface area contributed by atoms with Gasteiger partial charge in [-0.3, -0.25) is 14.4 Å². The Balaban J connectivity index is 4.20. The quantitative estimate of drug-likeness (QED) is 0.0261. The number of unbranched alkanes of at least 4 members (excludes halogenated alkanes) is 32. The molecule has 0 aromatic carbocycles. The molecule has 0 aromatic heterocycles. The SMILES string of the molecule is CC/C=C\C/C=C\C/C=C\C/C=C\C/C=C\C/C=C\C/C=C\C/C=C\C/C=C\C/C=C\CCCCCCC(=O)OCC(COC(=O)CCCCCCCCCC)OC(=O)CCCCCCCCCCCCCCCCCCCCCCCC. The van der Waals surface area contributed by atoms with E-state index in [0.29, 0.717) is 19.3 Å². The van der Waals surface area contributed by atoms with Gasteiger partial charge in [-0.05, 0) is 96.3 Å². The van der Waals surface area contributed by atoms with Crippen LogP contribution in [0.3, 0.4) is 0 Å². The molecule has 0 aromatic rings. The lowest BCUT2D eigenvalue weighted by molar-refractivity contribution is -0.167. The average Bonchev–Trinajstić information content (AvgIpc) is 3.49. The van der Waals surface area contributed by atoms with E-state index in [0.717, 1.165) is 135 Å².